The molecule has 0 amide bonds. The van der Waals surface area contributed by atoms with Crippen LogP contribution in [0.1, 0.15) is 24.2 Å². The molecular weight excluding hydrogens is 310 g/mol. The molecule has 130 valence electrons. The van der Waals surface area contributed by atoms with Gasteiger partial charge in [0, 0.05) is 51.3 Å². The number of piperidine rings is 1. The number of likely N-dealkylation sites (tertiary alicyclic amines) is 1. The maximum absolute atomic E-state index is 4.50. The van der Waals surface area contributed by atoms with Gasteiger partial charge in [0.15, 0.2) is 0 Å². The van der Waals surface area contributed by atoms with Crippen molar-refractivity contribution in [1.82, 2.24) is 24.2 Å². The first-order chi connectivity index (χ1) is 12.3. The van der Waals surface area contributed by atoms with E-state index in [0.717, 1.165) is 19.5 Å². The smallest absolute Gasteiger partial charge is 0.108 e. The zero-order chi connectivity index (χ0) is 17.1. The highest BCUT2D eigenvalue weighted by Gasteiger charge is 2.22. The van der Waals surface area contributed by atoms with Crippen LogP contribution in [0.25, 0.3) is 5.69 Å². The van der Waals surface area contributed by atoms with Crippen LogP contribution in [0, 0.1) is 5.92 Å². The molecule has 0 aliphatic carbocycles. The van der Waals surface area contributed by atoms with Gasteiger partial charge < -0.3 is 4.57 Å². The minimum absolute atomic E-state index is 0.687. The lowest BCUT2D eigenvalue weighted by molar-refractivity contribution is 0.165. The molecule has 1 aliphatic rings. The Bertz CT molecular complexity index is 805. The van der Waals surface area contributed by atoms with Crippen molar-refractivity contribution >= 4 is 0 Å². The van der Waals surface area contributed by atoms with E-state index in [2.05, 4.69) is 50.9 Å². The molecular formula is C20H25N5. The summed E-state index contributed by atoms with van der Waals surface area (Å²) in [6.45, 7) is 3.29. The van der Waals surface area contributed by atoms with E-state index in [4.69, 9.17) is 0 Å². The number of para-hydroxylation sites is 1. The van der Waals surface area contributed by atoms with Gasteiger partial charge in [-0.05, 0) is 43.0 Å². The molecule has 1 atom stereocenters. The lowest BCUT2D eigenvalue weighted by atomic mass is 9.94. The predicted molar refractivity (Wildman–Crippen MR) is 98.5 cm³/mol. The maximum Gasteiger partial charge on any atom is 0.108 e. The van der Waals surface area contributed by atoms with E-state index in [1.165, 1.54) is 36.5 Å². The molecule has 1 saturated heterocycles. The van der Waals surface area contributed by atoms with Gasteiger partial charge >= 0.3 is 0 Å². The van der Waals surface area contributed by atoms with Crippen LogP contribution < -0.4 is 0 Å². The number of nitrogens with zero attached hydrogens (tertiary/aromatic N) is 5. The van der Waals surface area contributed by atoms with Gasteiger partial charge in [0.1, 0.15) is 5.82 Å². The predicted octanol–water partition coefficient (Wildman–Crippen LogP) is 3.06. The SMILES string of the molecule is Cn1ccnc1C[C@@H]1CCCN(Cc2ccccc2-n2cccn2)C1. The van der Waals surface area contributed by atoms with Gasteiger partial charge in [-0.1, -0.05) is 18.2 Å². The molecule has 0 N–H and O–H groups in total. The zero-order valence-corrected chi connectivity index (χ0v) is 14.8. The molecule has 0 unspecified atom stereocenters. The summed E-state index contributed by atoms with van der Waals surface area (Å²) < 4.78 is 4.11. The van der Waals surface area contributed by atoms with Gasteiger partial charge in [-0.2, -0.15) is 5.10 Å². The first-order valence-corrected chi connectivity index (χ1v) is 9.06. The van der Waals surface area contributed by atoms with Gasteiger partial charge in [-0.25, -0.2) is 9.67 Å². The zero-order valence-electron chi connectivity index (χ0n) is 14.8. The Balaban J connectivity index is 1.45. The van der Waals surface area contributed by atoms with Crippen molar-refractivity contribution in [2.45, 2.75) is 25.8 Å². The molecule has 0 bridgehead atoms. The first kappa shape index (κ1) is 16.1. The van der Waals surface area contributed by atoms with E-state index in [9.17, 15) is 0 Å². The Hall–Kier alpha value is -2.40. The molecule has 4 rings (SSSR count). The van der Waals surface area contributed by atoms with E-state index >= 15 is 0 Å². The lowest BCUT2D eigenvalue weighted by Crippen LogP contribution is -2.36. The molecule has 0 radical (unpaired) electrons. The molecule has 1 aliphatic heterocycles. The number of aromatic nitrogens is 4. The molecule has 1 fully saturated rings. The highest BCUT2D eigenvalue weighted by Crippen LogP contribution is 2.23. The third kappa shape index (κ3) is 3.66. The van der Waals surface area contributed by atoms with Gasteiger partial charge in [0.05, 0.1) is 5.69 Å². The number of benzene rings is 1. The van der Waals surface area contributed by atoms with Crippen LogP contribution in [0.5, 0.6) is 0 Å². The minimum atomic E-state index is 0.687. The number of hydrogen-bond donors (Lipinski definition) is 0. The van der Waals surface area contributed by atoms with Crippen molar-refractivity contribution in [2.24, 2.45) is 13.0 Å². The number of rotatable bonds is 5. The fraction of sp³-hybridized carbons (Fsp3) is 0.400. The molecule has 3 heterocycles. The maximum atomic E-state index is 4.50. The average Bonchev–Trinajstić information content (AvgIpc) is 3.29. The van der Waals surface area contributed by atoms with Gasteiger partial charge in [0.25, 0.3) is 0 Å². The molecule has 0 spiro atoms. The summed E-state index contributed by atoms with van der Waals surface area (Å²) >= 11 is 0. The molecule has 2 aromatic heterocycles. The van der Waals surface area contributed by atoms with Crippen molar-refractivity contribution in [2.75, 3.05) is 13.1 Å². The summed E-state index contributed by atoms with van der Waals surface area (Å²) in [5.41, 5.74) is 2.52. The third-order valence-corrected chi connectivity index (χ3v) is 5.13. The summed E-state index contributed by atoms with van der Waals surface area (Å²) in [5, 5.41) is 4.40. The van der Waals surface area contributed by atoms with Crippen LogP contribution in [0.4, 0.5) is 0 Å². The van der Waals surface area contributed by atoms with E-state index < -0.39 is 0 Å². The fourth-order valence-corrected chi connectivity index (χ4v) is 3.83. The number of aryl methyl sites for hydroxylation is 1. The Kier molecular flexibility index (Phi) is 4.65. The number of hydrogen-bond acceptors (Lipinski definition) is 3. The largest absolute Gasteiger partial charge is 0.338 e. The second kappa shape index (κ2) is 7.23. The molecule has 25 heavy (non-hydrogen) atoms. The standard InChI is InChI=1S/C20H25N5/c1-23-13-10-21-20(23)14-17-6-4-11-24(15-17)16-18-7-2-3-8-19(18)25-12-5-9-22-25/h2-3,5,7-10,12-13,17H,4,6,11,14-16H2,1H3/t17-/m0/s1. The summed E-state index contributed by atoms with van der Waals surface area (Å²) in [6.07, 6.45) is 11.4. The van der Waals surface area contributed by atoms with Gasteiger partial charge in [-0.15, -0.1) is 0 Å². The fourth-order valence-electron chi connectivity index (χ4n) is 3.83. The van der Waals surface area contributed by atoms with Crippen LogP contribution >= 0.6 is 0 Å². The topological polar surface area (TPSA) is 38.9 Å². The van der Waals surface area contributed by atoms with Crippen LogP contribution in [0.2, 0.25) is 0 Å². The molecule has 5 nitrogen and oxygen atoms in total. The second-order valence-corrected chi connectivity index (χ2v) is 6.98. The van der Waals surface area contributed by atoms with Crippen molar-refractivity contribution in [3.63, 3.8) is 0 Å². The molecule has 1 aromatic carbocycles. The highest BCUT2D eigenvalue weighted by molar-refractivity contribution is 5.40. The van der Waals surface area contributed by atoms with E-state index in [0.29, 0.717) is 5.92 Å². The average molecular weight is 335 g/mol. The van der Waals surface area contributed by atoms with E-state index in [1.54, 1.807) is 0 Å². The Morgan fingerprint density at radius 3 is 2.84 bits per heavy atom. The monoisotopic (exact) mass is 335 g/mol. The van der Waals surface area contributed by atoms with E-state index in [-0.39, 0.29) is 0 Å². The van der Waals surface area contributed by atoms with Crippen molar-refractivity contribution in [1.29, 1.82) is 0 Å². The molecule has 0 saturated carbocycles. The summed E-state index contributed by atoms with van der Waals surface area (Å²) in [4.78, 5) is 7.08. The van der Waals surface area contributed by atoms with Crippen molar-refractivity contribution in [3.8, 4) is 5.69 Å². The molecule has 3 aromatic rings. The normalized spacial score (nSPS) is 18.5. The van der Waals surface area contributed by atoms with Crippen molar-refractivity contribution < 1.29 is 0 Å². The van der Waals surface area contributed by atoms with Crippen LogP contribution in [0.3, 0.4) is 0 Å². The summed E-state index contributed by atoms with van der Waals surface area (Å²) in [5.74, 6) is 1.88. The number of imidazole rings is 1. The minimum Gasteiger partial charge on any atom is -0.338 e. The lowest BCUT2D eigenvalue weighted by Gasteiger charge is -2.33. The second-order valence-electron chi connectivity index (χ2n) is 6.98. The Labute approximate surface area is 148 Å². The van der Waals surface area contributed by atoms with Crippen LogP contribution in [-0.2, 0) is 20.0 Å². The van der Waals surface area contributed by atoms with Gasteiger partial charge in [-0.3, -0.25) is 4.90 Å². The Morgan fingerprint density at radius 2 is 2.04 bits per heavy atom. The van der Waals surface area contributed by atoms with E-state index in [1.807, 2.05) is 35.5 Å². The quantitative estimate of drug-likeness (QED) is 0.719. The third-order valence-electron chi connectivity index (χ3n) is 5.13. The van der Waals surface area contributed by atoms with Gasteiger partial charge in [0.2, 0.25) is 0 Å². The summed E-state index contributed by atoms with van der Waals surface area (Å²) in [6, 6.07) is 10.6. The van der Waals surface area contributed by atoms with Crippen LogP contribution in [0.15, 0.2) is 55.1 Å². The first-order valence-electron chi connectivity index (χ1n) is 9.06. The van der Waals surface area contributed by atoms with Crippen LogP contribution in [-0.4, -0.2) is 37.3 Å². The highest BCUT2D eigenvalue weighted by atomic mass is 15.3. The Morgan fingerprint density at radius 1 is 1.12 bits per heavy atom. The van der Waals surface area contributed by atoms with Crippen molar-refractivity contribution in [3.05, 3.63) is 66.5 Å². The molecule has 5 heteroatoms. The summed E-state index contributed by atoms with van der Waals surface area (Å²) in [7, 11) is 2.09.